The Bertz CT molecular complexity index is 830. The Hall–Kier alpha value is -2.74. The molecule has 2 fully saturated rings. The normalized spacial score (nSPS) is 19.2. The second kappa shape index (κ2) is 8.32. The number of morpholine rings is 1. The standard InChI is InChI=1S/C21H29N7O/c1-2-4-15(3-1)24-20-18-19(23-10-9-22-18)26-21(27-20)25-16-5-7-17(8-6-16)28-11-13-29-14-12-28/h5-8,15,22H,1-4,9-14H2,(H3,23,24,25,26,27). The smallest absolute Gasteiger partial charge is 0.231 e. The van der Waals surface area contributed by atoms with Crippen molar-refractivity contribution in [1.82, 2.24) is 9.97 Å². The molecule has 1 aromatic heterocycles. The molecule has 8 nitrogen and oxygen atoms in total. The third-order valence-electron chi connectivity index (χ3n) is 5.82. The first-order valence-electron chi connectivity index (χ1n) is 10.7. The number of aromatic nitrogens is 2. The van der Waals surface area contributed by atoms with E-state index >= 15 is 0 Å². The third kappa shape index (κ3) is 4.17. The van der Waals surface area contributed by atoms with Crippen molar-refractivity contribution in [2.45, 2.75) is 31.7 Å². The molecule has 3 aliphatic rings. The molecule has 4 N–H and O–H groups in total. The Labute approximate surface area is 171 Å². The van der Waals surface area contributed by atoms with Crippen molar-refractivity contribution in [2.24, 2.45) is 0 Å². The lowest BCUT2D eigenvalue weighted by Gasteiger charge is -2.29. The van der Waals surface area contributed by atoms with Crippen molar-refractivity contribution in [3.05, 3.63) is 24.3 Å². The van der Waals surface area contributed by atoms with Gasteiger partial charge in [0.2, 0.25) is 5.95 Å². The highest BCUT2D eigenvalue weighted by Gasteiger charge is 2.22. The average Bonchev–Trinajstić information content (AvgIpc) is 3.28. The summed E-state index contributed by atoms with van der Waals surface area (Å²) in [5.41, 5.74) is 3.19. The van der Waals surface area contributed by atoms with Gasteiger partial charge in [-0.15, -0.1) is 0 Å². The molecule has 3 heterocycles. The first kappa shape index (κ1) is 18.3. The highest BCUT2D eigenvalue weighted by atomic mass is 16.5. The van der Waals surface area contributed by atoms with Crippen molar-refractivity contribution in [3.8, 4) is 0 Å². The first-order chi connectivity index (χ1) is 14.3. The molecule has 0 atom stereocenters. The molecule has 0 unspecified atom stereocenters. The largest absolute Gasteiger partial charge is 0.378 e. The zero-order valence-electron chi connectivity index (χ0n) is 16.7. The Kier molecular flexibility index (Phi) is 5.25. The van der Waals surface area contributed by atoms with Crippen LogP contribution in [0.25, 0.3) is 0 Å². The van der Waals surface area contributed by atoms with Crippen molar-refractivity contribution < 1.29 is 4.74 Å². The van der Waals surface area contributed by atoms with E-state index < -0.39 is 0 Å². The molecule has 0 bridgehead atoms. The van der Waals surface area contributed by atoms with Crippen LogP contribution in [-0.2, 0) is 4.74 Å². The zero-order valence-corrected chi connectivity index (χ0v) is 16.7. The number of benzene rings is 1. The minimum atomic E-state index is 0.499. The molecule has 1 saturated heterocycles. The lowest BCUT2D eigenvalue weighted by atomic mass is 10.2. The monoisotopic (exact) mass is 395 g/mol. The predicted molar refractivity (Wildman–Crippen MR) is 118 cm³/mol. The lowest BCUT2D eigenvalue weighted by Crippen LogP contribution is -2.36. The van der Waals surface area contributed by atoms with E-state index in [0.29, 0.717) is 12.0 Å². The van der Waals surface area contributed by atoms with Gasteiger partial charge in [0.15, 0.2) is 11.6 Å². The van der Waals surface area contributed by atoms with Crippen LogP contribution >= 0.6 is 0 Å². The highest BCUT2D eigenvalue weighted by molar-refractivity contribution is 5.80. The summed E-state index contributed by atoms with van der Waals surface area (Å²) >= 11 is 0. The van der Waals surface area contributed by atoms with Crippen LogP contribution in [0, 0.1) is 0 Å². The topological polar surface area (TPSA) is 86.4 Å². The number of nitrogens with zero attached hydrogens (tertiary/aromatic N) is 3. The van der Waals surface area contributed by atoms with E-state index in [2.05, 4.69) is 50.4 Å². The summed E-state index contributed by atoms with van der Waals surface area (Å²) in [6.45, 7) is 5.21. The summed E-state index contributed by atoms with van der Waals surface area (Å²) in [6, 6.07) is 8.96. The average molecular weight is 396 g/mol. The van der Waals surface area contributed by atoms with Gasteiger partial charge in [-0.25, -0.2) is 0 Å². The third-order valence-corrected chi connectivity index (χ3v) is 5.82. The van der Waals surface area contributed by atoms with E-state index in [1.807, 2.05) is 0 Å². The number of ether oxygens (including phenoxy) is 1. The second-order valence-corrected chi connectivity index (χ2v) is 7.87. The minimum Gasteiger partial charge on any atom is -0.378 e. The van der Waals surface area contributed by atoms with E-state index in [0.717, 1.165) is 62.4 Å². The van der Waals surface area contributed by atoms with Gasteiger partial charge in [-0.3, -0.25) is 0 Å². The van der Waals surface area contributed by atoms with Gasteiger partial charge in [0.05, 0.1) is 13.2 Å². The number of nitrogens with one attached hydrogen (secondary N) is 4. The van der Waals surface area contributed by atoms with Crippen molar-refractivity contribution >= 4 is 34.6 Å². The highest BCUT2D eigenvalue weighted by Crippen LogP contribution is 2.34. The zero-order chi connectivity index (χ0) is 19.5. The van der Waals surface area contributed by atoms with Crippen molar-refractivity contribution in [1.29, 1.82) is 0 Å². The fourth-order valence-electron chi connectivity index (χ4n) is 4.25. The van der Waals surface area contributed by atoms with E-state index in [-0.39, 0.29) is 0 Å². The summed E-state index contributed by atoms with van der Waals surface area (Å²) in [5.74, 6) is 2.36. The Morgan fingerprint density at radius 2 is 1.72 bits per heavy atom. The molecule has 29 heavy (non-hydrogen) atoms. The van der Waals surface area contributed by atoms with Crippen molar-refractivity contribution in [2.75, 3.05) is 65.6 Å². The molecule has 8 heteroatoms. The molecule has 1 saturated carbocycles. The molecule has 154 valence electrons. The molecular weight excluding hydrogens is 366 g/mol. The molecule has 2 aromatic rings. The fraction of sp³-hybridized carbons (Fsp3) is 0.524. The number of rotatable bonds is 5. The summed E-state index contributed by atoms with van der Waals surface area (Å²) in [5, 5.41) is 13.9. The van der Waals surface area contributed by atoms with Crippen LogP contribution in [0.2, 0.25) is 0 Å². The quantitative estimate of drug-likeness (QED) is 0.614. The van der Waals surface area contributed by atoms with Gasteiger partial charge in [0, 0.05) is 43.6 Å². The number of fused-ring (bicyclic) bond motifs is 1. The Balaban J connectivity index is 1.34. The van der Waals surface area contributed by atoms with Gasteiger partial charge in [0.25, 0.3) is 0 Å². The number of anilines is 6. The summed E-state index contributed by atoms with van der Waals surface area (Å²) in [6.07, 6.45) is 4.99. The minimum absolute atomic E-state index is 0.499. The van der Waals surface area contributed by atoms with E-state index in [1.54, 1.807) is 0 Å². The van der Waals surface area contributed by atoms with Crippen LogP contribution in [-0.4, -0.2) is 55.4 Å². The van der Waals surface area contributed by atoms with Crippen LogP contribution in [0.4, 0.5) is 34.6 Å². The summed E-state index contributed by atoms with van der Waals surface area (Å²) in [7, 11) is 0. The van der Waals surface area contributed by atoms with Gasteiger partial charge >= 0.3 is 0 Å². The maximum absolute atomic E-state index is 5.44. The SMILES string of the molecule is c1cc(N2CCOCC2)ccc1Nc1nc2c(c(NC3CCCC3)n1)NCCN2. The predicted octanol–water partition coefficient (Wildman–Crippen LogP) is 3.25. The van der Waals surface area contributed by atoms with Crippen LogP contribution in [0.1, 0.15) is 25.7 Å². The first-order valence-corrected chi connectivity index (χ1v) is 10.7. The maximum Gasteiger partial charge on any atom is 0.231 e. The van der Waals surface area contributed by atoms with Crippen LogP contribution in [0.5, 0.6) is 0 Å². The van der Waals surface area contributed by atoms with Crippen molar-refractivity contribution in [3.63, 3.8) is 0 Å². The summed E-state index contributed by atoms with van der Waals surface area (Å²) in [4.78, 5) is 11.8. The van der Waals surface area contributed by atoms with Crippen LogP contribution in [0.15, 0.2) is 24.3 Å². The second-order valence-electron chi connectivity index (χ2n) is 7.87. The van der Waals surface area contributed by atoms with Gasteiger partial charge in [-0.2, -0.15) is 9.97 Å². The molecule has 1 aliphatic carbocycles. The molecular formula is C21H29N7O. The lowest BCUT2D eigenvalue weighted by molar-refractivity contribution is 0.122. The van der Waals surface area contributed by atoms with E-state index in [4.69, 9.17) is 14.7 Å². The summed E-state index contributed by atoms with van der Waals surface area (Å²) < 4.78 is 5.44. The van der Waals surface area contributed by atoms with Crippen LogP contribution < -0.4 is 26.2 Å². The molecule has 5 rings (SSSR count). The molecule has 0 amide bonds. The van der Waals surface area contributed by atoms with E-state index in [1.165, 1.54) is 31.4 Å². The number of hydrogen-bond acceptors (Lipinski definition) is 8. The molecule has 1 aromatic carbocycles. The van der Waals surface area contributed by atoms with Gasteiger partial charge < -0.3 is 30.9 Å². The van der Waals surface area contributed by atoms with Crippen LogP contribution in [0.3, 0.4) is 0 Å². The van der Waals surface area contributed by atoms with Gasteiger partial charge in [-0.05, 0) is 37.1 Å². The molecule has 0 spiro atoms. The number of hydrogen-bond donors (Lipinski definition) is 4. The van der Waals surface area contributed by atoms with E-state index in [9.17, 15) is 0 Å². The molecule has 0 radical (unpaired) electrons. The fourth-order valence-corrected chi connectivity index (χ4v) is 4.25. The Morgan fingerprint density at radius 3 is 2.52 bits per heavy atom. The van der Waals surface area contributed by atoms with Gasteiger partial charge in [-0.1, -0.05) is 12.8 Å². The Morgan fingerprint density at radius 1 is 0.966 bits per heavy atom. The van der Waals surface area contributed by atoms with Gasteiger partial charge in [0.1, 0.15) is 5.69 Å². The maximum atomic E-state index is 5.44. The molecule has 2 aliphatic heterocycles.